The van der Waals surface area contributed by atoms with Crippen LogP contribution in [0.15, 0.2) is 85.2 Å². The second-order valence-electron chi connectivity index (χ2n) is 8.23. The van der Waals surface area contributed by atoms with E-state index in [1.54, 1.807) is 47.3 Å². The van der Waals surface area contributed by atoms with Crippen molar-refractivity contribution in [1.82, 2.24) is 20.1 Å². The fourth-order valence-corrected chi connectivity index (χ4v) is 3.85. The molecular formula is C28H27N5O4. The van der Waals surface area contributed by atoms with Gasteiger partial charge in [0.05, 0.1) is 29.2 Å². The average molecular weight is 498 g/mol. The Morgan fingerprint density at radius 2 is 1.68 bits per heavy atom. The first-order chi connectivity index (χ1) is 18.0. The van der Waals surface area contributed by atoms with E-state index in [2.05, 4.69) is 20.7 Å². The lowest BCUT2D eigenvalue weighted by Gasteiger charge is -2.16. The molecule has 37 heavy (non-hydrogen) atoms. The zero-order valence-corrected chi connectivity index (χ0v) is 20.5. The van der Waals surface area contributed by atoms with E-state index in [9.17, 15) is 14.4 Å². The third-order valence-corrected chi connectivity index (χ3v) is 5.72. The maximum absolute atomic E-state index is 12.9. The molecule has 0 radical (unpaired) electrons. The number of pyridine rings is 1. The van der Waals surface area contributed by atoms with Crippen molar-refractivity contribution in [3.8, 4) is 5.82 Å². The van der Waals surface area contributed by atoms with Gasteiger partial charge in [-0.3, -0.25) is 9.59 Å². The number of carbonyl (C=O) groups is 3. The lowest BCUT2D eigenvalue weighted by Crippen LogP contribution is -2.28. The van der Waals surface area contributed by atoms with E-state index in [1.807, 2.05) is 50.2 Å². The molecule has 9 nitrogen and oxygen atoms in total. The molecule has 0 aliphatic heterocycles. The van der Waals surface area contributed by atoms with Crippen LogP contribution < -0.4 is 10.6 Å². The van der Waals surface area contributed by atoms with Gasteiger partial charge in [-0.25, -0.2) is 14.5 Å². The number of rotatable bonds is 9. The predicted octanol–water partition coefficient (Wildman–Crippen LogP) is 4.12. The summed E-state index contributed by atoms with van der Waals surface area (Å²) in [5.41, 5.74) is 2.46. The minimum atomic E-state index is -0.670. The topological polar surface area (TPSA) is 115 Å². The lowest BCUT2D eigenvalue weighted by atomic mass is 10.1. The van der Waals surface area contributed by atoms with Gasteiger partial charge in [-0.2, -0.15) is 5.10 Å². The molecule has 2 amide bonds. The molecule has 9 heteroatoms. The van der Waals surface area contributed by atoms with Gasteiger partial charge >= 0.3 is 5.97 Å². The second kappa shape index (κ2) is 11.8. The summed E-state index contributed by atoms with van der Waals surface area (Å²) in [5.74, 6) is -0.997. The number of anilines is 1. The van der Waals surface area contributed by atoms with Crippen LogP contribution in [0.5, 0.6) is 0 Å². The number of aromatic nitrogens is 3. The molecule has 4 rings (SSSR count). The highest BCUT2D eigenvalue weighted by atomic mass is 16.5. The van der Waals surface area contributed by atoms with Gasteiger partial charge in [0.25, 0.3) is 11.8 Å². The zero-order valence-electron chi connectivity index (χ0n) is 20.5. The minimum Gasteiger partial charge on any atom is -0.452 e. The summed E-state index contributed by atoms with van der Waals surface area (Å²) in [6.45, 7) is 3.25. The Labute approximate surface area is 214 Å². The van der Waals surface area contributed by atoms with E-state index >= 15 is 0 Å². The summed E-state index contributed by atoms with van der Waals surface area (Å²) in [4.78, 5) is 42.5. The van der Waals surface area contributed by atoms with E-state index in [4.69, 9.17) is 4.74 Å². The molecular weight excluding hydrogens is 470 g/mol. The maximum atomic E-state index is 12.9. The van der Waals surface area contributed by atoms with Gasteiger partial charge in [-0.1, -0.05) is 55.5 Å². The van der Waals surface area contributed by atoms with Gasteiger partial charge < -0.3 is 15.4 Å². The zero-order chi connectivity index (χ0) is 26.2. The Morgan fingerprint density at radius 3 is 2.41 bits per heavy atom. The number of carbonyl (C=O) groups excluding carboxylic acids is 3. The molecule has 0 spiro atoms. The fraction of sp³-hybridized carbons (Fsp3) is 0.179. The summed E-state index contributed by atoms with van der Waals surface area (Å²) in [5, 5.41) is 9.86. The molecule has 0 bridgehead atoms. The minimum absolute atomic E-state index is 0.224. The van der Waals surface area contributed by atoms with Crippen molar-refractivity contribution >= 4 is 23.5 Å². The summed E-state index contributed by atoms with van der Waals surface area (Å²) in [6, 6.07) is 21.4. The van der Waals surface area contributed by atoms with E-state index in [1.165, 1.54) is 6.20 Å². The van der Waals surface area contributed by atoms with Crippen LogP contribution in [0.25, 0.3) is 5.82 Å². The highest BCUT2D eigenvalue weighted by molar-refractivity contribution is 6.04. The Balaban J connectivity index is 1.39. The molecule has 2 aromatic carbocycles. The van der Waals surface area contributed by atoms with Crippen LogP contribution in [0.1, 0.15) is 51.9 Å². The first-order valence-electron chi connectivity index (χ1n) is 11.9. The molecule has 2 aromatic heterocycles. The molecule has 188 valence electrons. The number of nitrogens with zero attached hydrogens (tertiary/aromatic N) is 3. The molecule has 1 atom stereocenters. The predicted molar refractivity (Wildman–Crippen MR) is 138 cm³/mol. The second-order valence-corrected chi connectivity index (χ2v) is 8.23. The Kier molecular flexibility index (Phi) is 8.05. The Hall–Kier alpha value is -4.79. The van der Waals surface area contributed by atoms with Gasteiger partial charge in [0.2, 0.25) is 0 Å². The van der Waals surface area contributed by atoms with Crippen molar-refractivity contribution in [1.29, 1.82) is 0 Å². The van der Waals surface area contributed by atoms with Crippen molar-refractivity contribution in [3.05, 3.63) is 108 Å². The van der Waals surface area contributed by atoms with E-state index in [-0.39, 0.29) is 17.5 Å². The summed E-state index contributed by atoms with van der Waals surface area (Å²) in [6.07, 6.45) is 3.55. The third-order valence-electron chi connectivity index (χ3n) is 5.72. The quantitative estimate of drug-likeness (QED) is 0.336. The van der Waals surface area contributed by atoms with Crippen LogP contribution in [0.2, 0.25) is 0 Å². The fourth-order valence-electron chi connectivity index (χ4n) is 3.85. The van der Waals surface area contributed by atoms with Gasteiger partial charge in [-0.05, 0) is 43.2 Å². The van der Waals surface area contributed by atoms with Crippen LogP contribution in [-0.2, 0) is 16.0 Å². The van der Waals surface area contributed by atoms with Gasteiger partial charge in [0, 0.05) is 6.20 Å². The summed E-state index contributed by atoms with van der Waals surface area (Å²) in [7, 11) is 0. The van der Waals surface area contributed by atoms with E-state index < -0.39 is 18.5 Å². The maximum Gasteiger partial charge on any atom is 0.342 e. The molecule has 0 aliphatic rings. The first-order valence-corrected chi connectivity index (χ1v) is 11.9. The van der Waals surface area contributed by atoms with Crippen molar-refractivity contribution in [2.75, 3.05) is 11.9 Å². The number of esters is 1. The highest BCUT2D eigenvalue weighted by Gasteiger charge is 2.21. The van der Waals surface area contributed by atoms with Crippen LogP contribution in [0.3, 0.4) is 0 Å². The van der Waals surface area contributed by atoms with Crippen LogP contribution in [-0.4, -0.2) is 39.2 Å². The van der Waals surface area contributed by atoms with Gasteiger partial charge in [0.1, 0.15) is 5.56 Å². The lowest BCUT2D eigenvalue weighted by molar-refractivity contribution is -0.119. The molecule has 0 saturated heterocycles. The van der Waals surface area contributed by atoms with Crippen LogP contribution >= 0.6 is 0 Å². The number of amides is 2. The third kappa shape index (κ3) is 6.07. The number of benzene rings is 2. The Bertz CT molecular complexity index is 1390. The van der Waals surface area contributed by atoms with E-state index in [0.717, 1.165) is 5.56 Å². The number of para-hydroxylation sites is 1. The summed E-state index contributed by atoms with van der Waals surface area (Å²) < 4.78 is 6.82. The van der Waals surface area contributed by atoms with Crippen LogP contribution in [0.4, 0.5) is 5.69 Å². The largest absolute Gasteiger partial charge is 0.452 e. The SMILES string of the molecule is CCc1c(C(=O)OCC(=O)Nc2ccccc2C(=O)NC(C)c2ccccc2)cnn1-c1ccccn1. The molecule has 0 saturated carbocycles. The smallest absolute Gasteiger partial charge is 0.342 e. The molecule has 0 fully saturated rings. The van der Waals surface area contributed by atoms with Gasteiger partial charge in [-0.15, -0.1) is 0 Å². The normalized spacial score (nSPS) is 11.4. The number of ether oxygens (including phenoxy) is 1. The van der Waals surface area contributed by atoms with Gasteiger partial charge in [0.15, 0.2) is 12.4 Å². The summed E-state index contributed by atoms with van der Waals surface area (Å²) >= 11 is 0. The Morgan fingerprint density at radius 1 is 0.946 bits per heavy atom. The monoisotopic (exact) mass is 497 g/mol. The first kappa shape index (κ1) is 25.3. The highest BCUT2D eigenvalue weighted by Crippen LogP contribution is 2.19. The van der Waals surface area contributed by atoms with Crippen molar-refractivity contribution < 1.29 is 19.1 Å². The molecule has 2 N–H and O–H groups in total. The molecule has 4 aromatic rings. The number of hydrogen-bond acceptors (Lipinski definition) is 6. The molecule has 2 heterocycles. The molecule has 1 unspecified atom stereocenters. The molecule has 0 aliphatic carbocycles. The van der Waals surface area contributed by atoms with Crippen molar-refractivity contribution in [2.24, 2.45) is 0 Å². The van der Waals surface area contributed by atoms with Crippen LogP contribution in [0, 0.1) is 0 Å². The van der Waals surface area contributed by atoms with Crippen molar-refractivity contribution in [2.45, 2.75) is 26.3 Å². The number of nitrogens with one attached hydrogen (secondary N) is 2. The standard InChI is InChI=1S/C28H27N5O4/c1-3-24-22(17-30-33(24)25-15-9-10-16-29-25)28(36)37-18-26(34)32-23-14-8-7-13-21(23)27(35)31-19(2)20-11-5-4-6-12-20/h4-17,19H,3,18H2,1-2H3,(H,31,35)(H,32,34). The average Bonchev–Trinajstić information content (AvgIpc) is 3.37. The number of hydrogen-bond donors (Lipinski definition) is 2. The van der Waals surface area contributed by atoms with Crippen molar-refractivity contribution in [3.63, 3.8) is 0 Å². The van der Waals surface area contributed by atoms with E-state index in [0.29, 0.717) is 29.2 Å².